The Kier molecular flexibility index (Phi) is 7.44. The average molecular weight is 465 g/mol. The van der Waals surface area contributed by atoms with Gasteiger partial charge < -0.3 is 9.47 Å². The van der Waals surface area contributed by atoms with Crippen LogP contribution in [0.1, 0.15) is 51.8 Å². The number of para-hydroxylation sites is 1. The summed E-state index contributed by atoms with van der Waals surface area (Å²) in [6.45, 7) is 6.69. The predicted molar refractivity (Wildman–Crippen MR) is 130 cm³/mol. The maximum Gasteiger partial charge on any atom is 0.247 e. The molecule has 1 amide bonds. The predicted octanol–water partition coefficient (Wildman–Crippen LogP) is 5.66. The van der Waals surface area contributed by atoms with E-state index in [2.05, 4.69) is 22.1 Å². The van der Waals surface area contributed by atoms with Gasteiger partial charge >= 0.3 is 0 Å². The number of carbonyl (C=O) groups is 1. The molecule has 8 heteroatoms. The third kappa shape index (κ3) is 4.95. The molecular weight excluding hydrogens is 436 g/mol. The second-order valence-electron chi connectivity index (χ2n) is 7.56. The summed E-state index contributed by atoms with van der Waals surface area (Å²) in [4.78, 5) is 19.5. The monoisotopic (exact) mass is 464 g/mol. The molecule has 1 atom stereocenters. The molecule has 0 bridgehead atoms. The number of amides is 1. The number of aromatic nitrogens is 3. The fourth-order valence-corrected chi connectivity index (χ4v) is 4.13. The maximum absolute atomic E-state index is 13.2. The van der Waals surface area contributed by atoms with E-state index in [0.717, 1.165) is 41.2 Å². The van der Waals surface area contributed by atoms with E-state index in [-0.39, 0.29) is 5.91 Å². The number of thioether (sulfide) groups is 1. The van der Waals surface area contributed by atoms with Crippen LogP contribution >= 0.6 is 11.8 Å². The standard InChI is InChI=1S/C25H28N4O3S/c1-4-7-16-31-18-14-12-17(13-15-18)24-29(21(30)5-2)20-11-9-8-10-19(20)22-23(32-24)26-25(28-27-22)33-6-3/h8-15,24H,4-7,16H2,1-3H3/t24-/m0/s1. The number of hydrogen-bond donors (Lipinski definition) is 0. The topological polar surface area (TPSA) is 77.4 Å². The molecule has 0 radical (unpaired) electrons. The van der Waals surface area contributed by atoms with Gasteiger partial charge in [-0.15, -0.1) is 10.2 Å². The highest BCUT2D eigenvalue weighted by atomic mass is 32.2. The first kappa shape index (κ1) is 23.0. The van der Waals surface area contributed by atoms with Crippen molar-refractivity contribution in [2.45, 2.75) is 51.4 Å². The summed E-state index contributed by atoms with van der Waals surface area (Å²) in [6.07, 6.45) is 1.72. The molecule has 3 aromatic rings. The third-order valence-corrected chi connectivity index (χ3v) is 6.01. The molecule has 4 rings (SSSR count). The van der Waals surface area contributed by atoms with Crippen LogP contribution < -0.4 is 14.4 Å². The molecule has 1 aliphatic rings. The lowest BCUT2D eigenvalue weighted by atomic mass is 10.1. The number of rotatable bonds is 8. The first-order valence-corrected chi connectivity index (χ1v) is 12.3. The van der Waals surface area contributed by atoms with Crippen molar-refractivity contribution in [2.24, 2.45) is 0 Å². The summed E-state index contributed by atoms with van der Waals surface area (Å²) in [5.41, 5.74) is 2.85. The quantitative estimate of drug-likeness (QED) is 0.314. The van der Waals surface area contributed by atoms with Crippen LogP contribution in [0.3, 0.4) is 0 Å². The van der Waals surface area contributed by atoms with Gasteiger partial charge in [-0.25, -0.2) is 0 Å². The van der Waals surface area contributed by atoms with E-state index < -0.39 is 6.23 Å². The molecule has 0 fully saturated rings. The van der Waals surface area contributed by atoms with Gasteiger partial charge in [-0.3, -0.25) is 9.69 Å². The molecule has 0 N–H and O–H groups in total. The second kappa shape index (κ2) is 10.7. The zero-order valence-electron chi connectivity index (χ0n) is 19.2. The summed E-state index contributed by atoms with van der Waals surface area (Å²) in [5, 5.41) is 9.23. The number of anilines is 1. The Hall–Kier alpha value is -3.13. The highest BCUT2D eigenvalue weighted by molar-refractivity contribution is 7.99. The zero-order chi connectivity index (χ0) is 23.2. The van der Waals surface area contributed by atoms with Gasteiger partial charge in [0.05, 0.1) is 12.3 Å². The van der Waals surface area contributed by atoms with E-state index in [4.69, 9.17) is 9.47 Å². The van der Waals surface area contributed by atoms with Crippen LogP contribution in [0, 0.1) is 0 Å². The van der Waals surface area contributed by atoms with E-state index in [1.165, 1.54) is 11.8 Å². The molecule has 33 heavy (non-hydrogen) atoms. The normalized spacial score (nSPS) is 14.6. The minimum atomic E-state index is -0.694. The number of carbonyl (C=O) groups excluding carboxylic acids is 1. The molecule has 0 aliphatic carbocycles. The molecule has 0 unspecified atom stereocenters. The van der Waals surface area contributed by atoms with Gasteiger partial charge in [0.25, 0.3) is 0 Å². The van der Waals surface area contributed by atoms with E-state index in [1.54, 1.807) is 4.90 Å². The summed E-state index contributed by atoms with van der Waals surface area (Å²) in [6, 6.07) is 15.3. The fraction of sp³-hybridized carbons (Fsp3) is 0.360. The highest BCUT2D eigenvalue weighted by Gasteiger charge is 2.35. The van der Waals surface area contributed by atoms with Gasteiger partial charge in [0.2, 0.25) is 23.2 Å². The Balaban J connectivity index is 1.79. The first-order valence-electron chi connectivity index (χ1n) is 11.3. The highest BCUT2D eigenvalue weighted by Crippen LogP contribution is 2.43. The Morgan fingerprint density at radius 2 is 1.88 bits per heavy atom. The molecule has 1 aliphatic heterocycles. The minimum Gasteiger partial charge on any atom is -0.494 e. The van der Waals surface area contributed by atoms with Gasteiger partial charge in [0.15, 0.2) is 5.69 Å². The fourth-order valence-electron chi connectivity index (χ4n) is 3.62. The SMILES string of the molecule is CCCCOc1ccc([C@@H]2Oc3nc(SCC)nnc3-c3ccccc3N2C(=O)CC)cc1. The van der Waals surface area contributed by atoms with Crippen molar-refractivity contribution in [1.29, 1.82) is 0 Å². The van der Waals surface area contributed by atoms with Crippen molar-refractivity contribution >= 4 is 23.4 Å². The average Bonchev–Trinajstić information content (AvgIpc) is 2.99. The van der Waals surface area contributed by atoms with Crippen LogP contribution in [0.4, 0.5) is 5.69 Å². The van der Waals surface area contributed by atoms with Crippen molar-refractivity contribution in [1.82, 2.24) is 15.2 Å². The lowest BCUT2D eigenvalue weighted by Crippen LogP contribution is -2.37. The van der Waals surface area contributed by atoms with Crippen molar-refractivity contribution in [3.63, 3.8) is 0 Å². The number of fused-ring (bicyclic) bond motifs is 3. The molecule has 1 aromatic heterocycles. The Labute approximate surface area is 198 Å². The number of hydrogen-bond acceptors (Lipinski definition) is 7. The minimum absolute atomic E-state index is 0.0559. The Morgan fingerprint density at radius 1 is 1.09 bits per heavy atom. The van der Waals surface area contributed by atoms with Gasteiger partial charge in [-0.1, -0.05) is 57.2 Å². The van der Waals surface area contributed by atoms with E-state index in [0.29, 0.717) is 29.8 Å². The number of nitrogens with zero attached hydrogens (tertiary/aromatic N) is 4. The molecular formula is C25H28N4O3S. The lowest BCUT2D eigenvalue weighted by Gasteiger charge is -2.30. The molecule has 0 saturated heterocycles. The van der Waals surface area contributed by atoms with Crippen LogP contribution in [0.2, 0.25) is 0 Å². The van der Waals surface area contributed by atoms with Crippen LogP contribution in [0.25, 0.3) is 11.3 Å². The van der Waals surface area contributed by atoms with Crippen molar-refractivity contribution in [3.8, 4) is 22.9 Å². The van der Waals surface area contributed by atoms with E-state index in [1.807, 2.05) is 62.4 Å². The Bertz CT molecular complexity index is 1110. The van der Waals surface area contributed by atoms with Crippen molar-refractivity contribution in [2.75, 3.05) is 17.3 Å². The van der Waals surface area contributed by atoms with Crippen molar-refractivity contribution in [3.05, 3.63) is 54.1 Å². The smallest absolute Gasteiger partial charge is 0.247 e. The molecule has 2 heterocycles. The van der Waals surface area contributed by atoms with Crippen LogP contribution in [0.15, 0.2) is 53.7 Å². The second-order valence-corrected chi connectivity index (χ2v) is 8.79. The molecule has 0 saturated carbocycles. The third-order valence-electron chi connectivity index (χ3n) is 5.29. The van der Waals surface area contributed by atoms with Crippen LogP contribution in [-0.2, 0) is 4.79 Å². The zero-order valence-corrected chi connectivity index (χ0v) is 20.0. The van der Waals surface area contributed by atoms with Gasteiger partial charge in [-0.05, 0) is 42.5 Å². The Morgan fingerprint density at radius 3 is 2.61 bits per heavy atom. The summed E-state index contributed by atoms with van der Waals surface area (Å²) in [5.74, 6) is 1.92. The maximum atomic E-state index is 13.2. The summed E-state index contributed by atoms with van der Waals surface area (Å²) in [7, 11) is 0. The number of ether oxygens (including phenoxy) is 2. The lowest BCUT2D eigenvalue weighted by molar-refractivity contribution is -0.120. The molecule has 7 nitrogen and oxygen atoms in total. The molecule has 172 valence electrons. The largest absolute Gasteiger partial charge is 0.494 e. The summed E-state index contributed by atoms with van der Waals surface area (Å²) < 4.78 is 12.2. The number of benzene rings is 2. The van der Waals surface area contributed by atoms with Crippen molar-refractivity contribution < 1.29 is 14.3 Å². The van der Waals surface area contributed by atoms with Crippen LogP contribution in [-0.4, -0.2) is 33.4 Å². The van der Waals surface area contributed by atoms with Crippen LogP contribution in [0.5, 0.6) is 11.6 Å². The number of unbranched alkanes of at least 4 members (excludes halogenated alkanes) is 1. The summed E-state index contributed by atoms with van der Waals surface area (Å²) >= 11 is 1.49. The van der Waals surface area contributed by atoms with E-state index in [9.17, 15) is 4.79 Å². The van der Waals surface area contributed by atoms with Gasteiger partial charge in [0.1, 0.15) is 5.75 Å². The molecule has 0 spiro atoms. The van der Waals surface area contributed by atoms with Gasteiger partial charge in [0, 0.05) is 17.5 Å². The van der Waals surface area contributed by atoms with E-state index >= 15 is 0 Å². The van der Waals surface area contributed by atoms with Gasteiger partial charge in [-0.2, -0.15) is 4.98 Å². The first-order chi connectivity index (χ1) is 16.2. The molecule has 2 aromatic carbocycles.